The highest BCUT2D eigenvalue weighted by Crippen LogP contribution is 2.23. The second kappa shape index (κ2) is 5.89. The number of rotatable bonds is 4. The summed E-state index contributed by atoms with van der Waals surface area (Å²) < 4.78 is 0. The van der Waals surface area contributed by atoms with Crippen LogP contribution in [0.15, 0.2) is 42.5 Å². The summed E-state index contributed by atoms with van der Waals surface area (Å²) >= 11 is 6.07. The Balaban J connectivity index is 2.04. The van der Waals surface area contributed by atoms with Crippen molar-refractivity contribution in [2.75, 3.05) is 5.32 Å². The minimum atomic E-state index is 0.0844. The van der Waals surface area contributed by atoms with E-state index in [1.807, 2.05) is 49.4 Å². The highest BCUT2D eigenvalue weighted by Gasteiger charge is 2.01. The maximum atomic E-state index is 8.97. The van der Waals surface area contributed by atoms with Gasteiger partial charge in [-0.3, -0.25) is 0 Å². The molecule has 94 valence electrons. The molecule has 0 unspecified atom stereocenters. The molecule has 0 aliphatic rings. The molecule has 2 nitrogen and oxygen atoms in total. The molecule has 0 radical (unpaired) electrons. The van der Waals surface area contributed by atoms with Crippen LogP contribution < -0.4 is 5.32 Å². The summed E-state index contributed by atoms with van der Waals surface area (Å²) in [5.41, 5.74) is 4.21. The lowest BCUT2D eigenvalue weighted by molar-refractivity contribution is 0.282. The van der Waals surface area contributed by atoms with Crippen LogP contribution in [0.5, 0.6) is 0 Å². The first-order valence-electron chi connectivity index (χ1n) is 5.88. The SMILES string of the molecule is Cc1c(Cl)cccc1NCc1ccc(CO)cc1. The smallest absolute Gasteiger partial charge is 0.0681 e. The summed E-state index contributed by atoms with van der Waals surface area (Å²) in [5.74, 6) is 0. The van der Waals surface area contributed by atoms with Gasteiger partial charge in [0.25, 0.3) is 0 Å². The van der Waals surface area contributed by atoms with Crippen molar-refractivity contribution in [2.45, 2.75) is 20.1 Å². The van der Waals surface area contributed by atoms with Gasteiger partial charge in [0.05, 0.1) is 6.61 Å². The van der Waals surface area contributed by atoms with Crippen molar-refractivity contribution in [3.05, 3.63) is 64.2 Å². The summed E-state index contributed by atoms with van der Waals surface area (Å²) in [6, 6.07) is 13.7. The van der Waals surface area contributed by atoms with Crippen LogP contribution in [0, 0.1) is 6.92 Å². The fraction of sp³-hybridized carbons (Fsp3) is 0.200. The Morgan fingerprint density at radius 1 is 1.06 bits per heavy atom. The molecule has 0 atom stereocenters. The topological polar surface area (TPSA) is 32.3 Å². The van der Waals surface area contributed by atoms with Crippen LogP contribution in [0.1, 0.15) is 16.7 Å². The first-order chi connectivity index (χ1) is 8.70. The molecule has 0 saturated carbocycles. The van der Waals surface area contributed by atoms with Gasteiger partial charge in [-0.2, -0.15) is 0 Å². The van der Waals surface area contributed by atoms with Crippen molar-refractivity contribution in [1.29, 1.82) is 0 Å². The monoisotopic (exact) mass is 261 g/mol. The molecular weight excluding hydrogens is 246 g/mol. The highest BCUT2D eigenvalue weighted by atomic mass is 35.5. The predicted molar refractivity (Wildman–Crippen MR) is 75.9 cm³/mol. The average molecular weight is 262 g/mol. The van der Waals surface area contributed by atoms with Crippen molar-refractivity contribution >= 4 is 17.3 Å². The third kappa shape index (κ3) is 3.03. The zero-order chi connectivity index (χ0) is 13.0. The van der Waals surface area contributed by atoms with Gasteiger partial charge >= 0.3 is 0 Å². The number of aliphatic hydroxyl groups is 1. The summed E-state index contributed by atoms with van der Waals surface area (Å²) in [5, 5.41) is 13.1. The van der Waals surface area contributed by atoms with Gasteiger partial charge in [0.2, 0.25) is 0 Å². The van der Waals surface area contributed by atoms with E-state index < -0.39 is 0 Å². The van der Waals surface area contributed by atoms with Crippen molar-refractivity contribution in [1.82, 2.24) is 0 Å². The zero-order valence-electron chi connectivity index (χ0n) is 10.3. The molecule has 2 aromatic carbocycles. The average Bonchev–Trinajstić information content (AvgIpc) is 2.41. The Labute approximate surface area is 112 Å². The standard InChI is InChI=1S/C15H16ClNO/c1-11-14(16)3-2-4-15(11)17-9-12-5-7-13(10-18)8-6-12/h2-8,17-18H,9-10H2,1H3. The van der Waals surface area contributed by atoms with Crippen LogP contribution in [0.3, 0.4) is 0 Å². The molecule has 0 fully saturated rings. The molecule has 3 heteroatoms. The molecule has 0 spiro atoms. The Morgan fingerprint density at radius 2 is 1.72 bits per heavy atom. The first-order valence-corrected chi connectivity index (χ1v) is 6.26. The number of halogens is 1. The van der Waals surface area contributed by atoms with Crippen LogP contribution in [-0.4, -0.2) is 5.11 Å². The minimum absolute atomic E-state index is 0.0844. The van der Waals surface area contributed by atoms with E-state index in [-0.39, 0.29) is 6.61 Å². The molecule has 0 bridgehead atoms. The van der Waals surface area contributed by atoms with E-state index >= 15 is 0 Å². The lowest BCUT2D eigenvalue weighted by Gasteiger charge is -2.10. The van der Waals surface area contributed by atoms with Gasteiger partial charge in [-0.15, -0.1) is 0 Å². The van der Waals surface area contributed by atoms with Crippen molar-refractivity contribution < 1.29 is 5.11 Å². The van der Waals surface area contributed by atoms with Gasteiger partial charge < -0.3 is 10.4 Å². The van der Waals surface area contributed by atoms with E-state index in [4.69, 9.17) is 16.7 Å². The second-order valence-corrected chi connectivity index (χ2v) is 4.65. The normalized spacial score (nSPS) is 10.4. The predicted octanol–water partition coefficient (Wildman–Crippen LogP) is 3.75. The maximum Gasteiger partial charge on any atom is 0.0681 e. The van der Waals surface area contributed by atoms with Gasteiger partial charge in [0.1, 0.15) is 0 Å². The van der Waals surface area contributed by atoms with Crippen LogP contribution in [0.2, 0.25) is 5.02 Å². The lowest BCUT2D eigenvalue weighted by Crippen LogP contribution is -2.01. The minimum Gasteiger partial charge on any atom is -0.392 e. The molecule has 0 amide bonds. The molecule has 2 aromatic rings. The zero-order valence-corrected chi connectivity index (χ0v) is 11.0. The molecule has 2 N–H and O–H groups in total. The summed E-state index contributed by atoms with van der Waals surface area (Å²) in [7, 11) is 0. The summed E-state index contributed by atoms with van der Waals surface area (Å²) in [6.07, 6.45) is 0. The van der Waals surface area contributed by atoms with Gasteiger partial charge in [-0.1, -0.05) is 41.9 Å². The fourth-order valence-corrected chi connectivity index (χ4v) is 1.93. The Morgan fingerprint density at radius 3 is 2.39 bits per heavy atom. The van der Waals surface area contributed by atoms with E-state index in [1.54, 1.807) is 0 Å². The fourth-order valence-electron chi connectivity index (χ4n) is 1.76. The van der Waals surface area contributed by atoms with E-state index in [0.717, 1.165) is 28.4 Å². The van der Waals surface area contributed by atoms with Crippen molar-refractivity contribution in [2.24, 2.45) is 0 Å². The van der Waals surface area contributed by atoms with Crippen molar-refractivity contribution in [3.8, 4) is 0 Å². The van der Waals surface area contributed by atoms with Gasteiger partial charge in [-0.05, 0) is 35.7 Å². The molecular formula is C15H16ClNO. The third-order valence-electron chi connectivity index (χ3n) is 2.96. The van der Waals surface area contributed by atoms with Crippen LogP contribution in [-0.2, 0) is 13.2 Å². The van der Waals surface area contributed by atoms with Gasteiger partial charge in [0, 0.05) is 17.3 Å². The third-order valence-corrected chi connectivity index (χ3v) is 3.37. The Kier molecular flexibility index (Phi) is 4.24. The molecule has 0 aromatic heterocycles. The van der Waals surface area contributed by atoms with Crippen molar-refractivity contribution in [3.63, 3.8) is 0 Å². The van der Waals surface area contributed by atoms with Crippen LogP contribution in [0.4, 0.5) is 5.69 Å². The first kappa shape index (κ1) is 12.9. The lowest BCUT2D eigenvalue weighted by atomic mass is 10.1. The molecule has 0 aliphatic heterocycles. The number of benzene rings is 2. The molecule has 18 heavy (non-hydrogen) atoms. The number of nitrogens with one attached hydrogen (secondary N) is 1. The largest absolute Gasteiger partial charge is 0.392 e. The van der Waals surface area contributed by atoms with Gasteiger partial charge in [0.15, 0.2) is 0 Å². The van der Waals surface area contributed by atoms with Gasteiger partial charge in [-0.25, -0.2) is 0 Å². The van der Waals surface area contributed by atoms with E-state index in [2.05, 4.69) is 5.32 Å². The van der Waals surface area contributed by atoms with E-state index in [9.17, 15) is 0 Å². The van der Waals surface area contributed by atoms with Crippen LogP contribution >= 0.6 is 11.6 Å². The molecule has 2 rings (SSSR count). The summed E-state index contributed by atoms with van der Waals surface area (Å²) in [4.78, 5) is 0. The molecule has 0 saturated heterocycles. The number of hydrogen-bond acceptors (Lipinski definition) is 2. The highest BCUT2D eigenvalue weighted by molar-refractivity contribution is 6.31. The van der Waals surface area contributed by atoms with E-state index in [0.29, 0.717) is 0 Å². The van der Waals surface area contributed by atoms with Crippen LogP contribution in [0.25, 0.3) is 0 Å². The number of aliphatic hydroxyl groups excluding tert-OH is 1. The summed E-state index contributed by atoms with van der Waals surface area (Å²) in [6.45, 7) is 2.83. The maximum absolute atomic E-state index is 8.97. The number of hydrogen-bond donors (Lipinski definition) is 2. The van der Waals surface area contributed by atoms with E-state index in [1.165, 1.54) is 5.56 Å². The molecule has 0 heterocycles. The number of anilines is 1. The second-order valence-electron chi connectivity index (χ2n) is 4.24. The molecule has 0 aliphatic carbocycles. The Bertz CT molecular complexity index is 523. The quantitative estimate of drug-likeness (QED) is 0.879. The Hall–Kier alpha value is -1.51.